The average molecular weight is 392 g/mol. The van der Waals surface area contributed by atoms with E-state index in [4.69, 9.17) is 4.74 Å². The zero-order valence-corrected chi connectivity index (χ0v) is 15.9. The van der Waals surface area contributed by atoms with Crippen molar-refractivity contribution in [3.8, 4) is 11.1 Å². The minimum absolute atomic E-state index is 0.156. The van der Waals surface area contributed by atoms with Crippen LogP contribution in [0.1, 0.15) is 32.1 Å². The van der Waals surface area contributed by atoms with Gasteiger partial charge in [-0.05, 0) is 38.2 Å². The predicted octanol–water partition coefficient (Wildman–Crippen LogP) is 3.93. The van der Waals surface area contributed by atoms with Gasteiger partial charge in [-0.1, -0.05) is 0 Å². The van der Waals surface area contributed by atoms with Crippen molar-refractivity contribution in [3.63, 3.8) is 0 Å². The fraction of sp³-hybridized carbons (Fsp3) is 0.381. The summed E-state index contributed by atoms with van der Waals surface area (Å²) in [5.41, 5.74) is 2.82. The highest BCUT2D eigenvalue weighted by Gasteiger charge is 2.41. The van der Waals surface area contributed by atoms with Gasteiger partial charge in [0.15, 0.2) is 11.5 Å². The maximum Gasteiger partial charge on any atom is 0.224 e. The molecule has 1 spiro atoms. The summed E-state index contributed by atoms with van der Waals surface area (Å²) in [4.78, 5) is 16.4. The first-order valence-electron chi connectivity index (χ1n) is 10.1. The predicted molar refractivity (Wildman–Crippen MR) is 107 cm³/mol. The van der Waals surface area contributed by atoms with E-state index in [-0.39, 0.29) is 11.4 Å². The lowest BCUT2D eigenvalue weighted by atomic mass is 9.77. The molecule has 0 amide bonds. The van der Waals surface area contributed by atoms with Crippen molar-refractivity contribution in [2.24, 2.45) is 0 Å². The second-order valence-electron chi connectivity index (χ2n) is 8.09. The monoisotopic (exact) mass is 392 g/mol. The molecule has 1 aliphatic heterocycles. The Balaban J connectivity index is 1.26. The number of ether oxygens (including phenoxy) is 1. The van der Waals surface area contributed by atoms with Gasteiger partial charge in [0.2, 0.25) is 5.95 Å². The second kappa shape index (κ2) is 6.25. The standard InChI is InChI=1S/C21H21FN6O/c22-17-9-13(12-28-7-6-23-19(17)28)15-10-24-18-16(15)11-25-20(27-18)26-14-1-3-21(4-2-14)5-8-29-21/h6-7,9-12,14H,1-5,8H2,(H2,24,25,26,27)/t14-,21-. The van der Waals surface area contributed by atoms with Crippen LogP contribution >= 0.6 is 0 Å². The van der Waals surface area contributed by atoms with Crippen molar-refractivity contribution in [1.29, 1.82) is 0 Å². The Morgan fingerprint density at radius 3 is 2.90 bits per heavy atom. The fourth-order valence-corrected chi connectivity index (χ4v) is 4.61. The van der Waals surface area contributed by atoms with E-state index in [9.17, 15) is 4.39 Å². The van der Waals surface area contributed by atoms with E-state index in [2.05, 4.69) is 25.3 Å². The number of imidazole rings is 1. The van der Waals surface area contributed by atoms with Gasteiger partial charge < -0.3 is 19.4 Å². The van der Waals surface area contributed by atoms with Gasteiger partial charge in [-0.2, -0.15) is 4.98 Å². The summed E-state index contributed by atoms with van der Waals surface area (Å²) < 4.78 is 21.8. The first-order chi connectivity index (χ1) is 14.2. The van der Waals surface area contributed by atoms with E-state index in [1.165, 1.54) is 12.5 Å². The topological polar surface area (TPSA) is 80.1 Å². The molecule has 4 aromatic rings. The summed E-state index contributed by atoms with van der Waals surface area (Å²) in [7, 11) is 0. The molecule has 0 atom stereocenters. The van der Waals surface area contributed by atoms with Crippen molar-refractivity contribution in [2.75, 3.05) is 11.9 Å². The molecule has 7 nitrogen and oxygen atoms in total. The van der Waals surface area contributed by atoms with Crippen LogP contribution in [0.25, 0.3) is 27.8 Å². The highest BCUT2D eigenvalue weighted by molar-refractivity contribution is 5.93. The lowest BCUT2D eigenvalue weighted by Gasteiger charge is -2.46. The van der Waals surface area contributed by atoms with Gasteiger partial charge in [-0.3, -0.25) is 0 Å². The van der Waals surface area contributed by atoms with Crippen molar-refractivity contribution in [2.45, 2.75) is 43.7 Å². The minimum Gasteiger partial charge on any atom is -0.375 e. The lowest BCUT2D eigenvalue weighted by Crippen LogP contribution is -2.48. The molecule has 0 radical (unpaired) electrons. The quantitative estimate of drug-likeness (QED) is 0.552. The van der Waals surface area contributed by atoms with E-state index < -0.39 is 0 Å². The van der Waals surface area contributed by atoms with Crippen LogP contribution in [0, 0.1) is 5.82 Å². The molecule has 0 aromatic carbocycles. The molecule has 0 bridgehead atoms. The van der Waals surface area contributed by atoms with Gasteiger partial charge in [0.1, 0.15) is 5.65 Å². The number of nitrogens with one attached hydrogen (secondary N) is 2. The van der Waals surface area contributed by atoms with E-state index in [0.717, 1.165) is 54.5 Å². The van der Waals surface area contributed by atoms with E-state index >= 15 is 0 Å². The largest absolute Gasteiger partial charge is 0.375 e. The van der Waals surface area contributed by atoms with Crippen LogP contribution in [0.15, 0.2) is 37.1 Å². The summed E-state index contributed by atoms with van der Waals surface area (Å²) in [5, 5.41) is 4.33. The number of hydrogen-bond donors (Lipinski definition) is 2. The van der Waals surface area contributed by atoms with Crippen LogP contribution in [0.5, 0.6) is 0 Å². The number of aromatic amines is 1. The number of rotatable bonds is 3. The van der Waals surface area contributed by atoms with Gasteiger partial charge >= 0.3 is 0 Å². The zero-order valence-electron chi connectivity index (χ0n) is 15.9. The summed E-state index contributed by atoms with van der Waals surface area (Å²) in [6.45, 7) is 0.907. The van der Waals surface area contributed by atoms with Crippen molar-refractivity contribution >= 4 is 22.6 Å². The SMILES string of the molecule is Fc1cc(-c2c[nH]c3nc(N[C@H]4CC[C@@]5(CCO5)CC4)ncc23)cn2ccnc12. The van der Waals surface area contributed by atoms with Crippen molar-refractivity contribution in [3.05, 3.63) is 42.9 Å². The number of anilines is 1. The first kappa shape index (κ1) is 16.9. The van der Waals surface area contributed by atoms with Crippen LogP contribution in [0.4, 0.5) is 10.3 Å². The van der Waals surface area contributed by atoms with Crippen LogP contribution in [-0.4, -0.2) is 42.6 Å². The van der Waals surface area contributed by atoms with E-state index in [1.54, 1.807) is 23.0 Å². The van der Waals surface area contributed by atoms with Gasteiger partial charge in [0.05, 0.1) is 12.2 Å². The van der Waals surface area contributed by atoms with Gasteiger partial charge in [0.25, 0.3) is 0 Å². The third kappa shape index (κ3) is 2.78. The smallest absolute Gasteiger partial charge is 0.224 e. The molecule has 1 saturated heterocycles. The third-order valence-electron chi connectivity index (χ3n) is 6.38. The molecule has 5 heterocycles. The number of aromatic nitrogens is 5. The Labute approximate surface area is 166 Å². The minimum atomic E-state index is -0.355. The maximum absolute atomic E-state index is 14.3. The summed E-state index contributed by atoms with van der Waals surface area (Å²) in [5.74, 6) is 0.268. The molecular weight excluding hydrogens is 371 g/mol. The highest BCUT2D eigenvalue weighted by atomic mass is 19.1. The van der Waals surface area contributed by atoms with E-state index in [1.807, 2.05) is 12.4 Å². The molecule has 2 fully saturated rings. The van der Waals surface area contributed by atoms with Crippen LogP contribution in [-0.2, 0) is 4.74 Å². The van der Waals surface area contributed by atoms with Crippen LogP contribution in [0.2, 0.25) is 0 Å². The fourth-order valence-electron chi connectivity index (χ4n) is 4.61. The first-order valence-corrected chi connectivity index (χ1v) is 10.1. The molecular formula is C21H21FN6O. The highest BCUT2D eigenvalue weighted by Crippen LogP contribution is 2.41. The number of nitrogens with zero attached hydrogens (tertiary/aromatic N) is 4. The molecule has 29 heavy (non-hydrogen) atoms. The summed E-state index contributed by atoms with van der Waals surface area (Å²) in [6, 6.07) is 1.87. The van der Waals surface area contributed by atoms with Crippen LogP contribution in [0.3, 0.4) is 0 Å². The van der Waals surface area contributed by atoms with E-state index in [0.29, 0.717) is 17.6 Å². The molecule has 6 rings (SSSR count). The molecule has 2 aliphatic rings. The Bertz CT molecular complexity index is 1200. The number of pyridine rings is 1. The lowest BCUT2D eigenvalue weighted by molar-refractivity contribution is -0.165. The van der Waals surface area contributed by atoms with Crippen molar-refractivity contribution in [1.82, 2.24) is 24.3 Å². The average Bonchev–Trinajstić information content (AvgIpc) is 3.34. The number of hydrogen-bond acceptors (Lipinski definition) is 5. The Kier molecular flexibility index (Phi) is 3.64. The van der Waals surface area contributed by atoms with Gasteiger partial charge in [-0.15, -0.1) is 0 Å². The molecule has 1 saturated carbocycles. The number of halogens is 1. The number of fused-ring (bicyclic) bond motifs is 2. The van der Waals surface area contributed by atoms with Gasteiger partial charge in [0, 0.05) is 53.5 Å². The van der Waals surface area contributed by atoms with Crippen LogP contribution < -0.4 is 5.32 Å². The molecule has 0 unspecified atom stereocenters. The third-order valence-corrected chi connectivity index (χ3v) is 6.38. The molecule has 148 valence electrons. The van der Waals surface area contributed by atoms with Gasteiger partial charge in [-0.25, -0.2) is 14.4 Å². The molecule has 1 aliphatic carbocycles. The Morgan fingerprint density at radius 1 is 1.24 bits per heavy atom. The molecule has 4 aromatic heterocycles. The zero-order chi connectivity index (χ0) is 19.4. The summed E-state index contributed by atoms with van der Waals surface area (Å²) in [6.07, 6.45) is 14.4. The maximum atomic E-state index is 14.3. The molecule has 2 N–H and O–H groups in total. The van der Waals surface area contributed by atoms with Crippen molar-refractivity contribution < 1.29 is 9.13 Å². The summed E-state index contributed by atoms with van der Waals surface area (Å²) >= 11 is 0. The Morgan fingerprint density at radius 2 is 2.10 bits per heavy atom. The second-order valence-corrected chi connectivity index (χ2v) is 8.09. The normalized spacial score (nSPS) is 24.2. The Hall–Kier alpha value is -3.00. The number of H-pyrrole nitrogens is 1. The molecule has 8 heteroatoms.